The van der Waals surface area contributed by atoms with Gasteiger partial charge in [-0.2, -0.15) is 0 Å². The molecule has 1 heterocycles. The van der Waals surface area contributed by atoms with Gasteiger partial charge in [-0.15, -0.1) is 0 Å². The summed E-state index contributed by atoms with van der Waals surface area (Å²) in [4.78, 5) is 12.7. The molecule has 27 heavy (non-hydrogen) atoms. The second kappa shape index (κ2) is 8.54. The van der Waals surface area contributed by atoms with E-state index in [1.807, 2.05) is 42.5 Å². The van der Waals surface area contributed by atoms with Gasteiger partial charge in [-0.05, 0) is 44.0 Å². The fourth-order valence-electron chi connectivity index (χ4n) is 3.09. The number of nitrogens with zero attached hydrogens (tertiary/aromatic N) is 1. The van der Waals surface area contributed by atoms with Crippen LogP contribution in [0.2, 0.25) is 0 Å². The zero-order valence-corrected chi connectivity index (χ0v) is 16.1. The fourth-order valence-corrected chi connectivity index (χ4v) is 4.22. The van der Waals surface area contributed by atoms with E-state index in [1.165, 1.54) is 4.31 Å². The lowest BCUT2D eigenvalue weighted by molar-refractivity contribution is -0.120. The van der Waals surface area contributed by atoms with Crippen molar-refractivity contribution in [2.45, 2.75) is 19.8 Å². The number of hydrogen-bond acceptors (Lipinski definition) is 4. The van der Waals surface area contributed by atoms with Crippen LogP contribution in [0.1, 0.15) is 19.8 Å². The Morgan fingerprint density at radius 2 is 1.70 bits per heavy atom. The minimum absolute atomic E-state index is 0.0913. The van der Waals surface area contributed by atoms with E-state index in [-0.39, 0.29) is 17.6 Å². The number of carbonyl (C=O) groups excluding carboxylic acids is 1. The maximum atomic E-state index is 12.7. The van der Waals surface area contributed by atoms with Crippen molar-refractivity contribution in [3.05, 3.63) is 54.6 Å². The van der Waals surface area contributed by atoms with Gasteiger partial charge in [0.15, 0.2) is 5.75 Å². The van der Waals surface area contributed by atoms with Crippen molar-refractivity contribution in [3.8, 4) is 11.5 Å². The molecule has 0 radical (unpaired) electrons. The summed E-state index contributed by atoms with van der Waals surface area (Å²) >= 11 is 0. The number of anilines is 1. The number of sulfonamides is 1. The number of rotatable bonds is 6. The number of para-hydroxylation sites is 3. The van der Waals surface area contributed by atoms with Gasteiger partial charge in [0.25, 0.3) is 0 Å². The Morgan fingerprint density at radius 3 is 2.37 bits per heavy atom. The van der Waals surface area contributed by atoms with Gasteiger partial charge < -0.3 is 10.1 Å². The monoisotopic (exact) mass is 388 g/mol. The first kappa shape index (κ1) is 19.4. The van der Waals surface area contributed by atoms with Crippen molar-refractivity contribution in [3.63, 3.8) is 0 Å². The van der Waals surface area contributed by atoms with Crippen molar-refractivity contribution in [1.82, 2.24) is 4.31 Å². The molecule has 2 aromatic carbocycles. The van der Waals surface area contributed by atoms with Crippen LogP contribution in [0.3, 0.4) is 0 Å². The molecule has 0 bridgehead atoms. The van der Waals surface area contributed by atoms with Crippen molar-refractivity contribution in [2.24, 2.45) is 5.92 Å². The predicted molar refractivity (Wildman–Crippen MR) is 105 cm³/mol. The van der Waals surface area contributed by atoms with E-state index < -0.39 is 10.0 Å². The van der Waals surface area contributed by atoms with Crippen LogP contribution in [0.4, 0.5) is 5.69 Å². The van der Waals surface area contributed by atoms with Crippen LogP contribution in [0.5, 0.6) is 11.5 Å². The van der Waals surface area contributed by atoms with Crippen LogP contribution in [0, 0.1) is 5.92 Å². The predicted octanol–water partition coefficient (Wildman–Crippen LogP) is 3.48. The minimum Gasteiger partial charge on any atom is -0.455 e. The number of hydrogen-bond donors (Lipinski definition) is 1. The second-order valence-electron chi connectivity index (χ2n) is 6.47. The zero-order valence-electron chi connectivity index (χ0n) is 15.3. The number of amides is 1. The number of piperidine rings is 1. The van der Waals surface area contributed by atoms with Gasteiger partial charge in [0, 0.05) is 19.0 Å². The lowest BCUT2D eigenvalue weighted by atomic mass is 9.97. The van der Waals surface area contributed by atoms with E-state index in [1.54, 1.807) is 19.1 Å². The number of nitrogens with one attached hydrogen (secondary N) is 1. The highest BCUT2D eigenvalue weighted by Crippen LogP contribution is 2.30. The Kier molecular flexibility index (Phi) is 6.13. The van der Waals surface area contributed by atoms with E-state index in [9.17, 15) is 13.2 Å². The molecule has 7 heteroatoms. The van der Waals surface area contributed by atoms with Crippen LogP contribution in [0.25, 0.3) is 0 Å². The Labute approximate surface area is 160 Å². The smallest absolute Gasteiger partial charge is 0.227 e. The molecule has 0 aliphatic carbocycles. The Balaban J connectivity index is 1.64. The first-order valence-electron chi connectivity index (χ1n) is 9.10. The topological polar surface area (TPSA) is 75.7 Å². The first-order chi connectivity index (χ1) is 13.0. The molecular weight excluding hydrogens is 364 g/mol. The quantitative estimate of drug-likeness (QED) is 0.822. The van der Waals surface area contributed by atoms with Gasteiger partial charge >= 0.3 is 0 Å². The molecule has 1 aliphatic rings. The molecule has 144 valence electrons. The summed E-state index contributed by atoms with van der Waals surface area (Å²) in [6, 6.07) is 16.7. The van der Waals surface area contributed by atoms with Crippen molar-refractivity contribution in [1.29, 1.82) is 0 Å². The summed E-state index contributed by atoms with van der Waals surface area (Å²) in [5.41, 5.74) is 0.606. The molecule has 0 unspecified atom stereocenters. The molecule has 0 spiro atoms. The molecule has 0 atom stereocenters. The van der Waals surface area contributed by atoms with Crippen molar-refractivity contribution >= 4 is 21.6 Å². The van der Waals surface area contributed by atoms with Crippen LogP contribution in [-0.2, 0) is 14.8 Å². The molecule has 0 saturated carbocycles. The Morgan fingerprint density at radius 1 is 1.07 bits per heavy atom. The van der Waals surface area contributed by atoms with E-state index in [4.69, 9.17) is 4.74 Å². The van der Waals surface area contributed by atoms with Gasteiger partial charge in [0.05, 0.1) is 11.4 Å². The van der Waals surface area contributed by atoms with Crippen molar-refractivity contribution in [2.75, 3.05) is 24.2 Å². The summed E-state index contributed by atoms with van der Waals surface area (Å²) in [7, 11) is -3.19. The van der Waals surface area contributed by atoms with Gasteiger partial charge in [0.1, 0.15) is 5.75 Å². The molecule has 1 amide bonds. The third kappa shape index (κ3) is 4.87. The molecule has 6 nitrogen and oxygen atoms in total. The number of ether oxygens (including phenoxy) is 1. The normalized spacial score (nSPS) is 16.0. The average Bonchev–Trinajstić information content (AvgIpc) is 2.70. The lowest BCUT2D eigenvalue weighted by Crippen LogP contribution is -2.42. The average molecular weight is 388 g/mol. The second-order valence-corrected chi connectivity index (χ2v) is 8.73. The van der Waals surface area contributed by atoms with E-state index in [2.05, 4.69) is 5.32 Å². The zero-order chi connectivity index (χ0) is 19.3. The van der Waals surface area contributed by atoms with Gasteiger partial charge in [0.2, 0.25) is 15.9 Å². The molecule has 2 aromatic rings. The molecular formula is C20H24N2O4S. The lowest BCUT2D eigenvalue weighted by Gasteiger charge is -2.30. The van der Waals surface area contributed by atoms with Crippen molar-refractivity contribution < 1.29 is 17.9 Å². The molecule has 1 aliphatic heterocycles. The largest absolute Gasteiger partial charge is 0.455 e. The summed E-state index contributed by atoms with van der Waals surface area (Å²) in [6.07, 6.45) is 1.04. The number of carbonyl (C=O) groups is 1. The van der Waals surface area contributed by atoms with Crippen LogP contribution in [0.15, 0.2) is 54.6 Å². The van der Waals surface area contributed by atoms with E-state index in [0.717, 1.165) is 0 Å². The van der Waals surface area contributed by atoms with Crippen LogP contribution >= 0.6 is 0 Å². The summed E-state index contributed by atoms with van der Waals surface area (Å²) in [5, 5.41) is 2.94. The van der Waals surface area contributed by atoms with Gasteiger partial charge in [-0.1, -0.05) is 30.3 Å². The van der Waals surface area contributed by atoms with E-state index >= 15 is 0 Å². The Hall–Kier alpha value is -2.38. The summed E-state index contributed by atoms with van der Waals surface area (Å²) in [6.45, 7) is 2.41. The van der Waals surface area contributed by atoms with Gasteiger partial charge in [-0.3, -0.25) is 4.79 Å². The molecule has 3 rings (SSSR count). The highest BCUT2D eigenvalue weighted by molar-refractivity contribution is 7.89. The third-order valence-electron chi connectivity index (χ3n) is 4.70. The SMILES string of the molecule is CCS(=O)(=O)N1CCC(C(=O)Nc2ccccc2Oc2ccccc2)CC1. The van der Waals surface area contributed by atoms with Crippen LogP contribution in [-0.4, -0.2) is 37.5 Å². The molecule has 1 fully saturated rings. The molecule has 1 N–H and O–H groups in total. The standard InChI is InChI=1S/C20H24N2O4S/c1-2-27(24,25)22-14-12-16(13-15-22)20(23)21-18-10-6-7-11-19(18)26-17-8-4-3-5-9-17/h3-11,16H,2,12-15H2,1H3,(H,21,23). The maximum absolute atomic E-state index is 12.7. The maximum Gasteiger partial charge on any atom is 0.227 e. The fraction of sp³-hybridized carbons (Fsp3) is 0.350. The summed E-state index contributed by atoms with van der Waals surface area (Å²) < 4.78 is 31.2. The Bertz CT molecular complexity index is 876. The van der Waals surface area contributed by atoms with Gasteiger partial charge in [-0.25, -0.2) is 12.7 Å². The minimum atomic E-state index is -3.19. The molecule has 1 saturated heterocycles. The summed E-state index contributed by atoms with van der Waals surface area (Å²) in [5.74, 6) is 1.04. The van der Waals surface area contributed by atoms with E-state index in [0.29, 0.717) is 43.1 Å². The number of benzene rings is 2. The van der Waals surface area contributed by atoms with Crippen LogP contribution < -0.4 is 10.1 Å². The molecule has 0 aromatic heterocycles. The highest BCUT2D eigenvalue weighted by Gasteiger charge is 2.30. The third-order valence-corrected chi connectivity index (χ3v) is 6.58. The first-order valence-corrected chi connectivity index (χ1v) is 10.7. The highest BCUT2D eigenvalue weighted by atomic mass is 32.2.